The highest BCUT2D eigenvalue weighted by Gasteiger charge is 2.52. The molecular weight excluding hydrogens is 232 g/mol. The summed E-state index contributed by atoms with van der Waals surface area (Å²) in [5.74, 6) is 0. The third-order valence-electron chi connectivity index (χ3n) is 5.83. The Morgan fingerprint density at radius 2 is 1.22 bits per heavy atom. The van der Waals surface area contributed by atoms with Gasteiger partial charge in [-0.05, 0) is 10.1 Å². The maximum Gasteiger partial charge on any atom is 0.0947 e. The predicted molar refractivity (Wildman–Crippen MR) is 86.4 cm³/mol. The lowest BCUT2D eigenvalue weighted by Gasteiger charge is -2.53. The molecule has 0 atom stereocenters. The van der Waals surface area contributed by atoms with E-state index in [-0.39, 0.29) is 0 Å². The van der Waals surface area contributed by atoms with Gasteiger partial charge in [0.05, 0.1) is 8.07 Å². The molecule has 0 saturated carbocycles. The summed E-state index contributed by atoms with van der Waals surface area (Å²) in [5.41, 5.74) is 0. The van der Waals surface area contributed by atoms with E-state index in [0.29, 0.717) is 10.1 Å². The molecule has 0 radical (unpaired) electrons. The molecule has 0 heterocycles. The van der Waals surface area contributed by atoms with Gasteiger partial charge in [-0.15, -0.1) is 0 Å². The summed E-state index contributed by atoms with van der Waals surface area (Å²) in [6.07, 6.45) is 2.52. The first-order valence-electron chi connectivity index (χ1n) is 7.28. The fraction of sp³-hybridized carbons (Fsp3) is 0.647. The molecular formula is C17H30Si. The van der Waals surface area contributed by atoms with Gasteiger partial charge in [0.2, 0.25) is 0 Å². The van der Waals surface area contributed by atoms with Crippen molar-refractivity contribution in [3.8, 4) is 0 Å². The van der Waals surface area contributed by atoms with Crippen LogP contribution < -0.4 is 5.19 Å². The van der Waals surface area contributed by atoms with E-state index in [0.717, 1.165) is 0 Å². The number of rotatable bonds is 5. The average Bonchev–Trinajstić information content (AvgIpc) is 2.38. The second-order valence-electron chi connectivity index (χ2n) is 6.97. The lowest BCUT2D eigenvalue weighted by molar-refractivity contribution is 0.538. The van der Waals surface area contributed by atoms with Crippen molar-refractivity contribution in [1.82, 2.24) is 0 Å². The Morgan fingerprint density at radius 3 is 1.56 bits per heavy atom. The summed E-state index contributed by atoms with van der Waals surface area (Å²) < 4.78 is 0. The predicted octanol–water partition coefficient (Wildman–Crippen LogP) is 5.35. The Morgan fingerprint density at radius 1 is 0.833 bits per heavy atom. The van der Waals surface area contributed by atoms with Gasteiger partial charge in [-0.3, -0.25) is 0 Å². The van der Waals surface area contributed by atoms with Crippen LogP contribution in [0.4, 0.5) is 0 Å². The van der Waals surface area contributed by atoms with Crippen LogP contribution in [0.2, 0.25) is 16.6 Å². The van der Waals surface area contributed by atoms with Crippen LogP contribution in [0.25, 0.3) is 0 Å². The molecule has 0 aromatic heterocycles. The molecule has 18 heavy (non-hydrogen) atoms. The van der Waals surface area contributed by atoms with Gasteiger partial charge in [0.25, 0.3) is 0 Å². The fourth-order valence-electron chi connectivity index (χ4n) is 3.18. The first-order valence-corrected chi connectivity index (χ1v) is 9.78. The highest BCUT2D eigenvalue weighted by molar-refractivity contribution is 6.95. The van der Waals surface area contributed by atoms with E-state index in [4.69, 9.17) is 0 Å². The van der Waals surface area contributed by atoms with E-state index in [2.05, 4.69) is 78.4 Å². The molecule has 0 aliphatic heterocycles. The third-order valence-corrected chi connectivity index (χ3v) is 13.4. The van der Waals surface area contributed by atoms with Crippen LogP contribution in [0.15, 0.2) is 30.3 Å². The van der Waals surface area contributed by atoms with Crippen molar-refractivity contribution in [2.24, 2.45) is 0 Å². The molecule has 0 bridgehead atoms. The zero-order valence-corrected chi connectivity index (χ0v) is 14.3. The summed E-state index contributed by atoms with van der Waals surface area (Å²) in [4.78, 5) is 0. The quantitative estimate of drug-likeness (QED) is 0.627. The minimum atomic E-state index is -1.58. The van der Waals surface area contributed by atoms with Crippen molar-refractivity contribution in [3.05, 3.63) is 30.3 Å². The van der Waals surface area contributed by atoms with Crippen LogP contribution in [0, 0.1) is 0 Å². The van der Waals surface area contributed by atoms with E-state index < -0.39 is 8.07 Å². The third kappa shape index (κ3) is 2.30. The largest absolute Gasteiger partial charge is 0.0947 e. The molecule has 0 saturated heterocycles. The Hall–Kier alpha value is -0.563. The standard InChI is InChI=1S/C17H30Si/c1-8-16(3,4)18(7,17(5,6)9-2)15-13-11-10-12-14-15/h10-14H,8-9H2,1-7H3. The second kappa shape index (κ2) is 5.20. The van der Waals surface area contributed by atoms with Crippen LogP contribution in [-0.4, -0.2) is 8.07 Å². The van der Waals surface area contributed by atoms with E-state index >= 15 is 0 Å². The van der Waals surface area contributed by atoms with Gasteiger partial charge >= 0.3 is 0 Å². The maximum atomic E-state index is 2.59. The van der Waals surface area contributed by atoms with E-state index in [1.165, 1.54) is 12.8 Å². The van der Waals surface area contributed by atoms with Gasteiger partial charge in [0.1, 0.15) is 0 Å². The molecule has 0 aliphatic rings. The molecule has 1 rings (SSSR count). The van der Waals surface area contributed by atoms with Gasteiger partial charge < -0.3 is 0 Å². The molecule has 0 amide bonds. The average molecular weight is 263 g/mol. The van der Waals surface area contributed by atoms with Crippen LogP contribution in [0.3, 0.4) is 0 Å². The van der Waals surface area contributed by atoms with Gasteiger partial charge in [0.15, 0.2) is 0 Å². The molecule has 0 fully saturated rings. The normalized spacial score (nSPS) is 13.7. The number of hydrogen-bond acceptors (Lipinski definition) is 0. The topological polar surface area (TPSA) is 0 Å². The number of hydrogen-bond donors (Lipinski definition) is 0. The van der Waals surface area contributed by atoms with E-state index in [1.54, 1.807) is 5.19 Å². The van der Waals surface area contributed by atoms with Crippen LogP contribution in [-0.2, 0) is 0 Å². The van der Waals surface area contributed by atoms with Crippen molar-refractivity contribution in [2.75, 3.05) is 0 Å². The summed E-state index contributed by atoms with van der Waals surface area (Å²) >= 11 is 0. The summed E-state index contributed by atoms with van der Waals surface area (Å²) in [6, 6.07) is 11.3. The Kier molecular flexibility index (Phi) is 4.48. The van der Waals surface area contributed by atoms with Crippen LogP contribution in [0.5, 0.6) is 0 Å². The maximum absolute atomic E-state index is 2.59. The minimum Gasteiger partial charge on any atom is -0.0651 e. The van der Waals surface area contributed by atoms with Crippen molar-refractivity contribution >= 4 is 13.3 Å². The van der Waals surface area contributed by atoms with E-state index in [1.807, 2.05) is 0 Å². The minimum absolute atomic E-state index is 0.424. The summed E-state index contributed by atoms with van der Waals surface area (Å²) in [7, 11) is -1.58. The molecule has 1 aromatic carbocycles. The van der Waals surface area contributed by atoms with Crippen LogP contribution >= 0.6 is 0 Å². The number of benzene rings is 1. The molecule has 0 N–H and O–H groups in total. The molecule has 1 heteroatoms. The highest BCUT2D eigenvalue weighted by atomic mass is 28.3. The SMILES string of the molecule is CCC(C)(C)[Si](C)(c1ccccc1)C(C)(C)CC. The lowest BCUT2D eigenvalue weighted by atomic mass is 10.1. The monoisotopic (exact) mass is 262 g/mol. The summed E-state index contributed by atoms with van der Waals surface area (Å²) in [6.45, 7) is 17.2. The van der Waals surface area contributed by atoms with Gasteiger partial charge in [-0.1, -0.05) is 96.4 Å². The second-order valence-corrected chi connectivity index (χ2v) is 12.5. The van der Waals surface area contributed by atoms with Crippen LogP contribution in [0.1, 0.15) is 54.4 Å². The molecule has 102 valence electrons. The van der Waals surface area contributed by atoms with Crippen molar-refractivity contribution in [3.63, 3.8) is 0 Å². The molecule has 0 aliphatic carbocycles. The van der Waals surface area contributed by atoms with Gasteiger partial charge in [0, 0.05) is 0 Å². The smallest absolute Gasteiger partial charge is 0.0651 e. The molecule has 0 nitrogen and oxygen atoms in total. The molecule has 0 unspecified atom stereocenters. The zero-order valence-electron chi connectivity index (χ0n) is 13.3. The van der Waals surface area contributed by atoms with E-state index in [9.17, 15) is 0 Å². The highest BCUT2D eigenvalue weighted by Crippen LogP contribution is 2.54. The Balaban J connectivity index is 3.46. The molecule has 0 spiro atoms. The molecule has 1 aromatic rings. The van der Waals surface area contributed by atoms with Crippen molar-refractivity contribution < 1.29 is 0 Å². The zero-order chi connectivity index (χ0) is 14.0. The van der Waals surface area contributed by atoms with Crippen molar-refractivity contribution in [2.45, 2.75) is 71.0 Å². The Labute approximate surface area is 115 Å². The van der Waals surface area contributed by atoms with Crippen molar-refractivity contribution in [1.29, 1.82) is 0 Å². The Bertz CT molecular complexity index is 360. The van der Waals surface area contributed by atoms with Gasteiger partial charge in [-0.25, -0.2) is 0 Å². The first-order chi connectivity index (χ1) is 8.23. The fourth-order valence-corrected chi connectivity index (χ4v) is 8.84. The van der Waals surface area contributed by atoms with Gasteiger partial charge in [-0.2, -0.15) is 0 Å². The summed E-state index contributed by atoms with van der Waals surface area (Å²) in [5, 5.41) is 2.46. The first kappa shape index (κ1) is 15.5. The lowest BCUT2D eigenvalue weighted by Crippen LogP contribution is -2.60.